The molecule has 1 amide bonds. The molecule has 0 radical (unpaired) electrons. The van der Waals surface area contributed by atoms with Crippen LogP contribution in [-0.4, -0.2) is 47.0 Å². The highest BCUT2D eigenvalue weighted by molar-refractivity contribution is 5.76. The number of piperazine rings is 1. The van der Waals surface area contributed by atoms with Crippen molar-refractivity contribution in [1.82, 2.24) is 14.9 Å². The van der Waals surface area contributed by atoms with Crippen molar-refractivity contribution < 1.29 is 9.18 Å². The Kier molecular flexibility index (Phi) is 8.21. The predicted octanol–water partition coefficient (Wildman–Crippen LogP) is 4.98. The third kappa shape index (κ3) is 5.64. The first-order chi connectivity index (χ1) is 15.3. The van der Waals surface area contributed by atoms with Crippen molar-refractivity contribution in [3.8, 4) is 0 Å². The SMILES string of the molecule is CCc1nc(C(C)CC)nc(N2CCN(C(=O)CC(C)C)CC2)c1Cc1ccccc1F. The Balaban J connectivity index is 1.94. The molecule has 1 fully saturated rings. The Morgan fingerprint density at radius 3 is 2.34 bits per heavy atom. The minimum Gasteiger partial charge on any atom is -0.353 e. The summed E-state index contributed by atoms with van der Waals surface area (Å²) in [6, 6.07) is 6.94. The minimum absolute atomic E-state index is 0.199. The molecule has 1 aromatic carbocycles. The van der Waals surface area contributed by atoms with E-state index in [1.165, 1.54) is 6.07 Å². The summed E-state index contributed by atoms with van der Waals surface area (Å²) in [5.41, 5.74) is 2.66. The second kappa shape index (κ2) is 10.9. The van der Waals surface area contributed by atoms with Gasteiger partial charge in [-0.1, -0.05) is 52.8 Å². The van der Waals surface area contributed by atoms with Crippen LogP contribution >= 0.6 is 0 Å². The number of carbonyl (C=O) groups excluding carboxylic acids is 1. The molecule has 0 saturated carbocycles. The van der Waals surface area contributed by atoms with Gasteiger partial charge in [0, 0.05) is 56.2 Å². The standard InChI is InChI=1S/C26H37FN4O/c1-6-19(5)25-28-23(7-2)21(17-20-10-8-9-11-22(20)27)26(29-25)31-14-12-30(13-15-31)24(32)16-18(3)4/h8-11,18-19H,6-7,12-17H2,1-5H3. The molecule has 0 N–H and O–H groups in total. The lowest BCUT2D eigenvalue weighted by molar-refractivity contribution is -0.132. The molecular weight excluding hydrogens is 403 g/mol. The Bertz CT molecular complexity index is 922. The van der Waals surface area contributed by atoms with Gasteiger partial charge in [-0.15, -0.1) is 0 Å². The first-order valence-electron chi connectivity index (χ1n) is 12.0. The molecule has 1 saturated heterocycles. The average molecular weight is 441 g/mol. The molecule has 0 bridgehead atoms. The van der Waals surface area contributed by atoms with Crippen molar-refractivity contribution in [3.63, 3.8) is 0 Å². The number of aryl methyl sites for hydroxylation is 1. The van der Waals surface area contributed by atoms with Gasteiger partial charge < -0.3 is 9.80 Å². The van der Waals surface area contributed by atoms with Crippen LogP contribution in [0.3, 0.4) is 0 Å². The zero-order valence-electron chi connectivity index (χ0n) is 20.2. The molecule has 1 atom stereocenters. The van der Waals surface area contributed by atoms with Crippen molar-refractivity contribution in [3.05, 3.63) is 52.7 Å². The minimum atomic E-state index is -0.199. The van der Waals surface area contributed by atoms with E-state index >= 15 is 0 Å². The van der Waals surface area contributed by atoms with Crippen LogP contribution in [0.5, 0.6) is 0 Å². The van der Waals surface area contributed by atoms with Crippen LogP contribution in [0.25, 0.3) is 0 Å². The molecule has 2 heterocycles. The van der Waals surface area contributed by atoms with E-state index in [2.05, 4.69) is 39.5 Å². The number of benzene rings is 1. The molecule has 0 spiro atoms. The van der Waals surface area contributed by atoms with Gasteiger partial charge in [-0.3, -0.25) is 4.79 Å². The summed E-state index contributed by atoms with van der Waals surface area (Å²) in [4.78, 5) is 26.7. The fourth-order valence-electron chi connectivity index (χ4n) is 4.15. The number of nitrogens with zero attached hydrogens (tertiary/aromatic N) is 4. The van der Waals surface area contributed by atoms with E-state index in [-0.39, 0.29) is 17.6 Å². The molecule has 1 aliphatic rings. The van der Waals surface area contributed by atoms with Crippen LogP contribution in [0.15, 0.2) is 24.3 Å². The molecular formula is C26H37FN4O. The van der Waals surface area contributed by atoms with Gasteiger partial charge in [-0.2, -0.15) is 0 Å². The number of anilines is 1. The molecule has 2 aromatic rings. The average Bonchev–Trinajstić information content (AvgIpc) is 2.79. The summed E-state index contributed by atoms with van der Waals surface area (Å²) in [6.45, 7) is 13.4. The van der Waals surface area contributed by atoms with Crippen LogP contribution in [0.2, 0.25) is 0 Å². The third-order valence-electron chi connectivity index (χ3n) is 6.32. The van der Waals surface area contributed by atoms with Crippen molar-refractivity contribution in [2.75, 3.05) is 31.1 Å². The molecule has 0 aliphatic carbocycles. The van der Waals surface area contributed by atoms with E-state index in [1.807, 2.05) is 17.0 Å². The van der Waals surface area contributed by atoms with E-state index in [4.69, 9.17) is 9.97 Å². The summed E-state index contributed by atoms with van der Waals surface area (Å²) >= 11 is 0. The molecule has 5 nitrogen and oxygen atoms in total. The number of halogens is 1. The number of aromatic nitrogens is 2. The lowest BCUT2D eigenvalue weighted by Crippen LogP contribution is -2.49. The fraction of sp³-hybridized carbons (Fsp3) is 0.577. The highest BCUT2D eigenvalue weighted by atomic mass is 19.1. The van der Waals surface area contributed by atoms with Crippen molar-refractivity contribution in [2.24, 2.45) is 5.92 Å². The van der Waals surface area contributed by atoms with Gasteiger partial charge in [-0.05, 0) is 30.4 Å². The van der Waals surface area contributed by atoms with E-state index < -0.39 is 0 Å². The monoisotopic (exact) mass is 440 g/mol. The molecule has 174 valence electrons. The van der Waals surface area contributed by atoms with Gasteiger partial charge in [-0.25, -0.2) is 14.4 Å². The Labute approximate surface area is 192 Å². The number of amides is 1. The number of rotatable bonds is 8. The summed E-state index contributed by atoms with van der Waals surface area (Å²) < 4.78 is 14.5. The Hall–Kier alpha value is -2.50. The number of carbonyl (C=O) groups is 1. The lowest BCUT2D eigenvalue weighted by atomic mass is 10.00. The van der Waals surface area contributed by atoms with Crippen LogP contribution in [0, 0.1) is 11.7 Å². The second-order valence-electron chi connectivity index (χ2n) is 9.23. The quantitative estimate of drug-likeness (QED) is 0.581. The molecule has 32 heavy (non-hydrogen) atoms. The van der Waals surface area contributed by atoms with Gasteiger partial charge in [0.25, 0.3) is 0 Å². The van der Waals surface area contributed by atoms with Crippen molar-refractivity contribution in [2.45, 2.75) is 66.2 Å². The number of hydrogen-bond donors (Lipinski definition) is 0. The van der Waals surface area contributed by atoms with Gasteiger partial charge in [0.15, 0.2) is 0 Å². The fourth-order valence-corrected chi connectivity index (χ4v) is 4.15. The predicted molar refractivity (Wildman–Crippen MR) is 128 cm³/mol. The smallest absolute Gasteiger partial charge is 0.222 e. The molecule has 1 unspecified atom stereocenters. The van der Waals surface area contributed by atoms with Crippen LogP contribution in [0.1, 0.15) is 76.0 Å². The third-order valence-corrected chi connectivity index (χ3v) is 6.32. The number of hydrogen-bond acceptors (Lipinski definition) is 4. The van der Waals surface area contributed by atoms with Crippen LogP contribution < -0.4 is 4.90 Å². The largest absolute Gasteiger partial charge is 0.353 e. The first-order valence-corrected chi connectivity index (χ1v) is 12.0. The lowest BCUT2D eigenvalue weighted by Gasteiger charge is -2.37. The maximum atomic E-state index is 14.5. The van der Waals surface area contributed by atoms with Gasteiger partial charge in [0.2, 0.25) is 5.91 Å². The first kappa shape index (κ1) is 24.1. The van der Waals surface area contributed by atoms with Crippen LogP contribution in [0.4, 0.5) is 10.2 Å². The highest BCUT2D eigenvalue weighted by Gasteiger charge is 2.26. The molecule has 1 aromatic heterocycles. The summed E-state index contributed by atoms with van der Waals surface area (Å²) in [6.07, 6.45) is 2.80. The van der Waals surface area contributed by atoms with Crippen molar-refractivity contribution in [1.29, 1.82) is 0 Å². The van der Waals surface area contributed by atoms with E-state index in [0.717, 1.165) is 48.8 Å². The van der Waals surface area contributed by atoms with Gasteiger partial charge >= 0.3 is 0 Å². The maximum Gasteiger partial charge on any atom is 0.222 e. The molecule has 3 rings (SSSR count). The highest BCUT2D eigenvalue weighted by Crippen LogP contribution is 2.29. The van der Waals surface area contributed by atoms with Crippen molar-refractivity contribution >= 4 is 11.7 Å². The topological polar surface area (TPSA) is 49.3 Å². The Morgan fingerprint density at radius 2 is 1.75 bits per heavy atom. The zero-order chi connectivity index (χ0) is 23.3. The summed E-state index contributed by atoms with van der Waals surface area (Å²) in [7, 11) is 0. The normalized spacial score (nSPS) is 15.3. The molecule has 1 aliphatic heterocycles. The summed E-state index contributed by atoms with van der Waals surface area (Å²) in [5, 5.41) is 0. The maximum absolute atomic E-state index is 14.5. The van der Waals surface area contributed by atoms with Gasteiger partial charge in [0.1, 0.15) is 17.5 Å². The molecule has 6 heteroatoms. The van der Waals surface area contributed by atoms with Gasteiger partial charge in [0.05, 0.1) is 0 Å². The van der Waals surface area contributed by atoms with Crippen LogP contribution in [-0.2, 0) is 17.6 Å². The zero-order valence-corrected chi connectivity index (χ0v) is 20.2. The van der Waals surface area contributed by atoms with E-state index in [1.54, 1.807) is 6.07 Å². The summed E-state index contributed by atoms with van der Waals surface area (Å²) in [5.74, 6) is 2.41. The Morgan fingerprint density at radius 1 is 1.06 bits per heavy atom. The second-order valence-corrected chi connectivity index (χ2v) is 9.23. The van der Waals surface area contributed by atoms with E-state index in [0.29, 0.717) is 37.4 Å². The van der Waals surface area contributed by atoms with E-state index in [9.17, 15) is 9.18 Å².